The highest BCUT2D eigenvalue weighted by molar-refractivity contribution is 5.89. The summed E-state index contributed by atoms with van der Waals surface area (Å²) in [6.45, 7) is 2.06. The smallest absolute Gasteiger partial charge is 0.141 e. The van der Waals surface area contributed by atoms with Gasteiger partial charge in [-0.3, -0.25) is 0 Å². The maximum Gasteiger partial charge on any atom is 0.141 e. The number of amidine groups is 1. The van der Waals surface area contributed by atoms with Gasteiger partial charge in [-0.15, -0.1) is 5.10 Å². The first-order valence-electron chi connectivity index (χ1n) is 5.00. The fourth-order valence-electron chi connectivity index (χ4n) is 1.51. The Hall–Kier alpha value is -0.810. The second-order valence-corrected chi connectivity index (χ2v) is 4.29. The molecule has 1 aliphatic carbocycles. The van der Waals surface area contributed by atoms with E-state index in [9.17, 15) is 0 Å². The monoisotopic (exact) mass is 199 g/mol. The predicted octanol–water partition coefficient (Wildman–Crippen LogP) is -0.158. The summed E-state index contributed by atoms with van der Waals surface area (Å²) >= 11 is 0. The number of hydrazine groups is 1. The van der Waals surface area contributed by atoms with Gasteiger partial charge in [-0.05, 0) is 26.3 Å². The SMILES string of the molecule is CNC(C)(CC1CC1)/C(N)=N/N(C)N. The molecule has 0 aromatic rings. The van der Waals surface area contributed by atoms with Crippen LogP contribution in [0.1, 0.15) is 26.2 Å². The van der Waals surface area contributed by atoms with Crippen LogP contribution >= 0.6 is 0 Å². The summed E-state index contributed by atoms with van der Waals surface area (Å²) in [7, 11) is 3.57. The standard InChI is InChI=1S/C9H21N5/c1-9(12-2,6-7-4-5-7)8(10)13-14(3)11/h7,12H,4-6,11H2,1-3H3,(H2,10,13). The van der Waals surface area contributed by atoms with Gasteiger partial charge in [-0.25, -0.2) is 11.0 Å². The quantitative estimate of drug-likeness (QED) is 0.249. The topological polar surface area (TPSA) is 79.7 Å². The first-order chi connectivity index (χ1) is 6.48. The second kappa shape index (κ2) is 4.14. The zero-order valence-corrected chi connectivity index (χ0v) is 9.25. The number of nitrogens with zero attached hydrogens (tertiary/aromatic N) is 2. The molecule has 0 aromatic heterocycles. The van der Waals surface area contributed by atoms with E-state index in [-0.39, 0.29) is 5.54 Å². The van der Waals surface area contributed by atoms with Crippen molar-refractivity contribution in [1.82, 2.24) is 10.4 Å². The summed E-state index contributed by atoms with van der Waals surface area (Å²) in [6.07, 6.45) is 3.65. The third-order valence-corrected chi connectivity index (χ3v) is 2.78. The first-order valence-corrected chi connectivity index (χ1v) is 5.00. The fraction of sp³-hybridized carbons (Fsp3) is 0.889. The van der Waals surface area contributed by atoms with Gasteiger partial charge in [-0.1, -0.05) is 12.8 Å². The molecule has 82 valence electrons. The van der Waals surface area contributed by atoms with Crippen LogP contribution in [0.2, 0.25) is 0 Å². The van der Waals surface area contributed by atoms with E-state index >= 15 is 0 Å². The highest BCUT2D eigenvalue weighted by Gasteiger charge is 2.35. The Morgan fingerprint density at radius 3 is 2.57 bits per heavy atom. The molecular formula is C9H21N5. The van der Waals surface area contributed by atoms with Gasteiger partial charge in [0.15, 0.2) is 0 Å². The fourth-order valence-corrected chi connectivity index (χ4v) is 1.51. The Morgan fingerprint density at radius 1 is 1.64 bits per heavy atom. The molecule has 1 rings (SSSR count). The molecule has 0 saturated heterocycles. The molecule has 0 spiro atoms. The van der Waals surface area contributed by atoms with Crippen LogP contribution in [0.4, 0.5) is 0 Å². The van der Waals surface area contributed by atoms with E-state index in [2.05, 4.69) is 17.3 Å². The molecular weight excluding hydrogens is 178 g/mol. The van der Waals surface area contributed by atoms with Crippen LogP contribution in [0, 0.1) is 5.92 Å². The van der Waals surface area contributed by atoms with Crippen molar-refractivity contribution in [2.24, 2.45) is 22.6 Å². The molecule has 1 atom stereocenters. The molecule has 0 bridgehead atoms. The summed E-state index contributed by atoms with van der Waals surface area (Å²) in [5, 5.41) is 8.51. The third-order valence-electron chi connectivity index (χ3n) is 2.78. The molecule has 1 fully saturated rings. The maximum absolute atomic E-state index is 5.91. The number of hydrazone groups is 1. The van der Waals surface area contributed by atoms with Crippen LogP contribution in [-0.4, -0.2) is 30.6 Å². The van der Waals surface area contributed by atoms with Crippen LogP contribution in [0.5, 0.6) is 0 Å². The number of hydrogen-bond acceptors (Lipinski definition) is 4. The van der Waals surface area contributed by atoms with Gasteiger partial charge >= 0.3 is 0 Å². The lowest BCUT2D eigenvalue weighted by Gasteiger charge is -2.29. The zero-order valence-electron chi connectivity index (χ0n) is 9.25. The Balaban J connectivity index is 2.65. The molecule has 1 saturated carbocycles. The number of nitrogens with one attached hydrogen (secondary N) is 1. The van der Waals surface area contributed by atoms with Gasteiger partial charge < -0.3 is 11.1 Å². The zero-order chi connectivity index (χ0) is 10.8. The van der Waals surface area contributed by atoms with E-state index in [1.165, 1.54) is 18.0 Å². The van der Waals surface area contributed by atoms with Gasteiger partial charge in [-0.2, -0.15) is 0 Å². The molecule has 5 heteroatoms. The van der Waals surface area contributed by atoms with Gasteiger partial charge in [0.05, 0.1) is 5.54 Å². The van der Waals surface area contributed by atoms with E-state index in [4.69, 9.17) is 11.6 Å². The Labute approximate surface area is 85.5 Å². The van der Waals surface area contributed by atoms with Crippen LogP contribution in [-0.2, 0) is 0 Å². The molecule has 0 radical (unpaired) electrons. The molecule has 1 unspecified atom stereocenters. The van der Waals surface area contributed by atoms with E-state index in [1.807, 2.05) is 7.05 Å². The average molecular weight is 199 g/mol. The molecule has 1 aliphatic rings. The Kier molecular flexibility index (Phi) is 3.34. The first kappa shape index (κ1) is 11.3. The van der Waals surface area contributed by atoms with Gasteiger partial charge in [0.25, 0.3) is 0 Å². The van der Waals surface area contributed by atoms with E-state index < -0.39 is 0 Å². The summed E-state index contributed by atoms with van der Waals surface area (Å²) in [6, 6.07) is 0. The molecule has 0 aromatic carbocycles. The van der Waals surface area contributed by atoms with Crippen molar-refractivity contribution in [1.29, 1.82) is 0 Å². The lowest BCUT2D eigenvalue weighted by Crippen LogP contribution is -2.53. The van der Waals surface area contributed by atoms with Crippen molar-refractivity contribution in [3.8, 4) is 0 Å². The average Bonchev–Trinajstić information content (AvgIpc) is 2.86. The third kappa shape index (κ3) is 2.85. The largest absolute Gasteiger partial charge is 0.384 e. The predicted molar refractivity (Wildman–Crippen MR) is 58.4 cm³/mol. The van der Waals surface area contributed by atoms with Crippen molar-refractivity contribution < 1.29 is 0 Å². The minimum atomic E-state index is -0.227. The van der Waals surface area contributed by atoms with E-state index in [0.717, 1.165) is 12.3 Å². The number of rotatable bonds is 5. The Morgan fingerprint density at radius 2 is 2.21 bits per heavy atom. The van der Waals surface area contributed by atoms with Crippen molar-refractivity contribution in [2.45, 2.75) is 31.7 Å². The van der Waals surface area contributed by atoms with Crippen LogP contribution < -0.4 is 16.9 Å². The second-order valence-electron chi connectivity index (χ2n) is 4.29. The minimum absolute atomic E-state index is 0.227. The van der Waals surface area contributed by atoms with E-state index in [1.54, 1.807) is 7.05 Å². The van der Waals surface area contributed by atoms with Crippen LogP contribution in [0.25, 0.3) is 0 Å². The normalized spacial score (nSPS) is 21.9. The maximum atomic E-state index is 5.91. The molecule has 0 amide bonds. The van der Waals surface area contributed by atoms with Crippen molar-refractivity contribution in [2.75, 3.05) is 14.1 Å². The molecule has 14 heavy (non-hydrogen) atoms. The lowest BCUT2D eigenvalue weighted by molar-refractivity contribution is 0.356. The molecule has 5 nitrogen and oxygen atoms in total. The summed E-state index contributed by atoms with van der Waals surface area (Å²) in [5.41, 5.74) is 5.68. The van der Waals surface area contributed by atoms with Gasteiger partial charge in [0.1, 0.15) is 5.84 Å². The van der Waals surface area contributed by atoms with E-state index in [0.29, 0.717) is 5.84 Å². The van der Waals surface area contributed by atoms with Gasteiger partial charge in [0.2, 0.25) is 0 Å². The Bertz CT molecular complexity index is 221. The highest BCUT2D eigenvalue weighted by Crippen LogP contribution is 2.36. The van der Waals surface area contributed by atoms with Crippen LogP contribution in [0.15, 0.2) is 5.10 Å². The highest BCUT2D eigenvalue weighted by atomic mass is 15.6. The van der Waals surface area contributed by atoms with Crippen molar-refractivity contribution in [3.63, 3.8) is 0 Å². The number of nitrogens with two attached hydrogens (primary N) is 2. The lowest BCUT2D eigenvalue weighted by atomic mass is 9.94. The van der Waals surface area contributed by atoms with Crippen LogP contribution in [0.3, 0.4) is 0 Å². The van der Waals surface area contributed by atoms with Gasteiger partial charge in [0, 0.05) is 7.05 Å². The van der Waals surface area contributed by atoms with Crippen molar-refractivity contribution in [3.05, 3.63) is 0 Å². The summed E-state index contributed by atoms with van der Waals surface area (Å²) < 4.78 is 0. The summed E-state index contributed by atoms with van der Waals surface area (Å²) in [4.78, 5) is 0. The number of hydrogen-bond donors (Lipinski definition) is 3. The molecule has 0 heterocycles. The molecule has 0 aliphatic heterocycles. The number of likely N-dealkylation sites (N-methyl/N-ethyl adjacent to an activating group) is 1. The van der Waals surface area contributed by atoms with Crippen molar-refractivity contribution >= 4 is 5.84 Å². The minimum Gasteiger partial charge on any atom is -0.384 e. The molecule has 5 N–H and O–H groups in total. The summed E-state index contributed by atoms with van der Waals surface area (Å²) in [5.74, 6) is 6.78.